The maximum Gasteiger partial charge on any atom is 0.262 e. The van der Waals surface area contributed by atoms with Gasteiger partial charge in [0.05, 0.1) is 17.7 Å². The molecule has 0 aromatic heterocycles. The molecule has 2 heterocycles. The van der Waals surface area contributed by atoms with Gasteiger partial charge in [0.15, 0.2) is 6.29 Å². The predicted octanol–water partition coefficient (Wildman–Crippen LogP) is 3.01. The lowest BCUT2D eigenvalue weighted by molar-refractivity contribution is -0.281. The second-order valence-electron chi connectivity index (χ2n) is 8.55. The number of rotatable bonds is 6. The highest BCUT2D eigenvalue weighted by Crippen LogP contribution is 2.36. The van der Waals surface area contributed by atoms with Crippen molar-refractivity contribution in [2.45, 2.75) is 30.6 Å². The molecule has 0 unspecified atom stereocenters. The molecule has 0 aliphatic carbocycles. The van der Waals surface area contributed by atoms with Crippen LogP contribution in [-0.2, 0) is 23.7 Å². The third-order valence-corrected chi connectivity index (χ3v) is 6.76. The Bertz CT molecular complexity index is 1180. The van der Waals surface area contributed by atoms with E-state index in [4.69, 9.17) is 23.7 Å². The quantitative estimate of drug-likeness (QED) is 0.409. The van der Waals surface area contributed by atoms with Crippen molar-refractivity contribution >= 4 is 33.4 Å². The number of carbonyl (C=O) groups is 2. The molecule has 34 heavy (non-hydrogen) atoms. The Labute approximate surface area is 197 Å². The Kier molecular flexibility index (Phi) is 6.09. The molecule has 1 saturated heterocycles. The highest BCUT2D eigenvalue weighted by molar-refractivity contribution is 6.23. The van der Waals surface area contributed by atoms with Crippen LogP contribution in [0.2, 0.25) is 0 Å². The standard InChI is InChI=1S/C26H27NO7/c1-30-13-20-22(31-2)23(32-3)21(26(33-4)34-20)27-24(28)18-11-16-9-14-7-5-6-8-15(14)10-17(16)12-19(18)25(27)29/h5-12,20-23,26H,13H2,1-4H3/t20-,21-,22-,23-,26-/m1/s1. The van der Waals surface area contributed by atoms with Gasteiger partial charge < -0.3 is 23.7 Å². The molecule has 0 N–H and O–H groups in total. The smallest absolute Gasteiger partial charge is 0.262 e. The summed E-state index contributed by atoms with van der Waals surface area (Å²) in [4.78, 5) is 28.4. The van der Waals surface area contributed by atoms with Crippen molar-refractivity contribution in [1.82, 2.24) is 4.90 Å². The molecule has 3 aromatic rings. The Balaban J connectivity index is 1.58. The van der Waals surface area contributed by atoms with Crippen molar-refractivity contribution < 1.29 is 33.3 Å². The van der Waals surface area contributed by atoms with Crippen LogP contribution in [0.4, 0.5) is 0 Å². The fourth-order valence-corrected chi connectivity index (χ4v) is 5.18. The van der Waals surface area contributed by atoms with Crippen LogP contribution in [0.3, 0.4) is 0 Å². The van der Waals surface area contributed by atoms with Gasteiger partial charge in [-0.05, 0) is 45.8 Å². The average molecular weight is 466 g/mol. The van der Waals surface area contributed by atoms with Gasteiger partial charge in [0, 0.05) is 28.4 Å². The lowest BCUT2D eigenvalue weighted by atomic mass is 9.95. The Morgan fingerprint density at radius 2 is 1.32 bits per heavy atom. The van der Waals surface area contributed by atoms with Crippen molar-refractivity contribution in [3.05, 3.63) is 59.7 Å². The van der Waals surface area contributed by atoms with Crippen molar-refractivity contribution in [3.8, 4) is 0 Å². The van der Waals surface area contributed by atoms with E-state index >= 15 is 0 Å². The van der Waals surface area contributed by atoms with E-state index in [0.29, 0.717) is 11.1 Å². The molecule has 1 fully saturated rings. The van der Waals surface area contributed by atoms with E-state index in [1.807, 2.05) is 36.4 Å². The molecule has 0 bridgehead atoms. The Morgan fingerprint density at radius 1 is 0.765 bits per heavy atom. The van der Waals surface area contributed by atoms with E-state index in [2.05, 4.69) is 0 Å². The summed E-state index contributed by atoms with van der Waals surface area (Å²) in [5.41, 5.74) is 0.705. The van der Waals surface area contributed by atoms with E-state index in [0.717, 1.165) is 21.5 Å². The van der Waals surface area contributed by atoms with Gasteiger partial charge >= 0.3 is 0 Å². The number of methoxy groups -OCH3 is 4. The molecule has 5 rings (SSSR count). The third-order valence-electron chi connectivity index (χ3n) is 6.76. The number of amides is 2. The minimum Gasteiger partial charge on any atom is -0.382 e. The normalized spacial score (nSPS) is 27.1. The summed E-state index contributed by atoms with van der Waals surface area (Å²) in [6.07, 6.45) is -2.65. The molecule has 0 saturated carbocycles. The van der Waals surface area contributed by atoms with Crippen LogP contribution >= 0.6 is 0 Å². The first-order chi connectivity index (χ1) is 16.5. The number of nitrogens with zero attached hydrogens (tertiary/aromatic N) is 1. The molecule has 0 radical (unpaired) electrons. The minimum atomic E-state index is -0.907. The van der Waals surface area contributed by atoms with E-state index in [1.165, 1.54) is 26.2 Å². The van der Waals surface area contributed by atoms with Gasteiger partial charge in [0.25, 0.3) is 11.8 Å². The summed E-state index contributed by atoms with van der Waals surface area (Å²) in [6, 6.07) is 14.8. The average Bonchev–Trinajstić information content (AvgIpc) is 3.09. The van der Waals surface area contributed by atoms with Crippen LogP contribution < -0.4 is 0 Å². The first-order valence-electron chi connectivity index (χ1n) is 11.1. The number of carbonyl (C=O) groups excluding carboxylic acids is 2. The van der Waals surface area contributed by atoms with Crippen LogP contribution in [0.25, 0.3) is 21.5 Å². The van der Waals surface area contributed by atoms with Crippen molar-refractivity contribution in [2.24, 2.45) is 0 Å². The first-order valence-corrected chi connectivity index (χ1v) is 11.1. The number of hydrogen-bond donors (Lipinski definition) is 0. The lowest BCUT2D eigenvalue weighted by Gasteiger charge is -2.47. The van der Waals surface area contributed by atoms with Crippen LogP contribution in [0, 0.1) is 0 Å². The zero-order valence-corrected chi connectivity index (χ0v) is 19.5. The van der Waals surface area contributed by atoms with Crippen molar-refractivity contribution in [2.75, 3.05) is 35.0 Å². The summed E-state index contributed by atoms with van der Waals surface area (Å²) >= 11 is 0. The first kappa shape index (κ1) is 22.9. The number of imide groups is 1. The highest BCUT2D eigenvalue weighted by atomic mass is 16.7. The molecular weight excluding hydrogens is 438 g/mol. The van der Waals surface area contributed by atoms with E-state index in [9.17, 15) is 9.59 Å². The third kappa shape index (κ3) is 3.50. The van der Waals surface area contributed by atoms with E-state index in [1.54, 1.807) is 19.2 Å². The van der Waals surface area contributed by atoms with Gasteiger partial charge in [-0.25, -0.2) is 0 Å². The second-order valence-corrected chi connectivity index (χ2v) is 8.55. The highest BCUT2D eigenvalue weighted by Gasteiger charge is 2.54. The minimum absolute atomic E-state index is 0.242. The number of benzene rings is 3. The van der Waals surface area contributed by atoms with Crippen LogP contribution in [0.1, 0.15) is 20.7 Å². The number of hydrogen-bond acceptors (Lipinski definition) is 7. The SMILES string of the molecule is COC[C@H]1O[C@@H](OC)[C@H](N2C(=O)c3cc4cc5ccccc5cc4cc3C2=O)[C@@H](OC)[C@@H]1OC. The van der Waals surface area contributed by atoms with Crippen molar-refractivity contribution in [1.29, 1.82) is 0 Å². The van der Waals surface area contributed by atoms with Gasteiger partial charge in [-0.3, -0.25) is 14.5 Å². The molecule has 2 amide bonds. The van der Waals surface area contributed by atoms with Gasteiger partial charge in [-0.2, -0.15) is 0 Å². The maximum atomic E-state index is 13.6. The predicted molar refractivity (Wildman–Crippen MR) is 125 cm³/mol. The van der Waals surface area contributed by atoms with E-state index < -0.39 is 42.5 Å². The van der Waals surface area contributed by atoms with Crippen LogP contribution in [-0.4, -0.2) is 82.4 Å². The zero-order valence-electron chi connectivity index (χ0n) is 19.5. The molecule has 2 aliphatic rings. The number of fused-ring (bicyclic) bond motifs is 3. The summed E-state index contributed by atoms with van der Waals surface area (Å²) in [5.74, 6) is -0.819. The Morgan fingerprint density at radius 3 is 1.79 bits per heavy atom. The van der Waals surface area contributed by atoms with Crippen LogP contribution in [0.5, 0.6) is 0 Å². The largest absolute Gasteiger partial charge is 0.382 e. The summed E-state index contributed by atoms with van der Waals surface area (Å²) in [6.45, 7) is 0.242. The second kappa shape index (κ2) is 9.05. The monoisotopic (exact) mass is 465 g/mol. The molecular formula is C26H27NO7. The molecule has 0 spiro atoms. The van der Waals surface area contributed by atoms with Gasteiger partial charge in [-0.15, -0.1) is 0 Å². The fourth-order valence-electron chi connectivity index (χ4n) is 5.18. The molecule has 5 atom stereocenters. The molecule has 178 valence electrons. The summed E-state index contributed by atoms with van der Waals surface area (Å²) < 4.78 is 28.3. The topological polar surface area (TPSA) is 83.5 Å². The lowest BCUT2D eigenvalue weighted by Crippen LogP contribution is -2.66. The zero-order chi connectivity index (χ0) is 24.0. The molecule has 8 heteroatoms. The maximum absolute atomic E-state index is 13.6. The summed E-state index contributed by atoms with van der Waals surface area (Å²) in [5, 5.41) is 3.91. The van der Waals surface area contributed by atoms with Crippen molar-refractivity contribution in [3.63, 3.8) is 0 Å². The van der Waals surface area contributed by atoms with Gasteiger partial charge in [0.2, 0.25) is 0 Å². The van der Waals surface area contributed by atoms with E-state index in [-0.39, 0.29) is 6.61 Å². The van der Waals surface area contributed by atoms with Gasteiger partial charge in [0.1, 0.15) is 24.4 Å². The molecule has 2 aliphatic heterocycles. The molecule has 3 aromatic carbocycles. The number of ether oxygens (including phenoxy) is 5. The van der Waals surface area contributed by atoms with Gasteiger partial charge in [-0.1, -0.05) is 24.3 Å². The Hall–Kier alpha value is -2.88. The fraction of sp³-hybridized carbons (Fsp3) is 0.385. The molecule has 8 nitrogen and oxygen atoms in total. The van der Waals surface area contributed by atoms with Crippen LogP contribution in [0.15, 0.2) is 48.5 Å². The summed E-state index contributed by atoms with van der Waals surface area (Å²) in [7, 11) is 6.08.